The fourth-order valence-corrected chi connectivity index (χ4v) is 4.23. The molecule has 0 amide bonds. The van der Waals surface area contributed by atoms with E-state index in [4.69, 9.17) is 14.2 Å². The Bertz CT molecular complexity index is 811. The molecule has 0 radical (unpaired) electrons. The smallest absolute Gasteiger partial charge is 0.147 e. The molecule has 0 bridgehead atoms. The van der Waals surface area contributed by atoms with Gasteiger partial charge in [-0.25, -0.2) is 0 Å². The Morgan fingerprint density at radius 1 is 0.882 bits per heavy atom. The Morgan fingerprint density at radius 3 is 2.06 bits per heavy atom. The first-order valence-electron chi connectivity index (χ1n) is 12.1. The van der Waals surface area contributed by atoms with Crippen molar-refractivity contribution in [2.75, 3.05) is 20.0 Å². The van der Waals surface area contributed by atoms with E-state index in [9.17, 15) is 15.5 Å². The highest BCUT2D eigenvalue weighted by molar-refractivity contribution is 5.14. The quantitative estimate of drug-likeness (QED) is 0.258. The van der Waals surface area contributed by atoms with Gasteiger partial charge < -0.3 is 24.4 Å². The van der Waals surface area contributed by atoms with Gasteiger partial charge >= 0.3 is 0 Å². The molecular weight excluding hydrogens is 430 g/mol. The summed E-state index contributed by atoms with van der Waals surface area (Å²) in [6.07, 6.45) is 0.833. The van der Waals surface area contributed by atoms with Crippen LogP contribution in [0.1, 0.15) is 44.2 Å². The SMILES string of the molecule is CC(CO)C[C@H](CCO)[C@H](OCOCc1ccccc1)[C@@H](C)[C@@H](CC#N)OCc1ccccc1. The van der Waals surface area contributed by atoms with E-state index in [1.54, 1.807) is 0 Å². The van der Waals surface area contributed by atoms with Gasteiger partial charge in [0.25, 0.3) is 0 Å². The normalized spacial score (nSPS) is 15.7. The van der Waals surface area contributed by atoms with Gasteiger partial charge in [0.1, 0.15) is 6.79 Å². The van der Waals surface area contributed by atoms with Crippen molar-refractivity contribution in [2.45, 2.75) is 58.5 Å². The van der Waals surface area contributed by atoms with Crippen molar-refractivity contribution in [3.05, 3.63) is 71.8 Å². The van der Waals surface area contributed by atoms with Gasteiger partial charge in [0.05, 0.1) is 37.9 Å². The first-order chi connectivity index (χ1) is 16.6. The fraction of sp³-hybridized carbons (Fsp3) is 0.536. The maximum atomic E-state index is 9.73. The van der Waals surface area contributed by atoms with Crippen LogP contribution in [-0.2, 0) is 27.4 Å². The third-order valence-corrected chi connectivity index (χ3v) is 6.14. The molecule has 6 heteroatoms. The second kappa shape index (κ2) is 16.4. The summed E-state index contributed by atoms with van der Waals surface area (Å²) in [6, 6.07) is 22.0. The number of ether oxygens (including phenoxy) is 3. The fourth-order valence-electron chi connectivity index (χ4n) is 4.23. The molecule has 2 N–H and O–H groups in total. The summed E-state index contributed by atoms with van der Waals surface area (Å²) in [5, 5.41) is 28.8. The topological polar surface area (TPSA) is 91.9 Å². The Labute approximate surface area is 204 Å². The van der Waals surface area contributed by atoms with E-state index in [1.165, 1.54) is 0 Å². The van der Waals surface area contributed by atoms with Crippen molar-refractivity contribution in [1.29, 1.82) is 5.26 Å². The van der Waals surface area contributed by atoms with Crippen LogP contribution in [0.5, 0.6) is 0 Å². The van der Waals surface area contributed by atoms with Crippen molar-refractivity contribution in [3.63, 3.8) is 0 Å². The van der Waals surface area contributed by atoms with Crippen LogP contribution in [0, 0.1) is 29.1 Å². The lowest BCUT2D eigenvalue weighted by atomic mass is 9.81. The van der Waals surface area contributed by atoms with Crippen LogP contribution >= 0.6 is 0 Å². The van der Waals surface area contributed by atoms with Crippen LogP contribution in [-0.4, -0.2) is 42.4 Å². The maximum Gasteiger partial charge on any atom is 0.147 e. The van der Waals surface area contributed by atoms with Crippen LogP contribution in [0.15, 0.2) is 60.7 Å². The summed E-state index contributed by atoms with van der Waals surface area (Å²) in [6.45, 7) is 5.04. The summed E-state index contributed by atoms with van der Waals surface area (Å²) in [5.74, 6) is -0.0603. The molecule has 0 fully saturated rings. The highest BCUT2D eigenvalue weighted by Gasteiger charge is 2.34. The van der Waals surface area contributed by atoms with Gasteiger partial charge in [0.15, 0.2) is 0 Å². The summed E-state index contributed by atoms with van der Waals surface area (Å²) in [4.78, 5) is 0. The molecule has 2 aromatic rings. The number of hydrogen-bond donors (Lipinski definition) is 2. The van der Waals surface area contributed by atoms with Gasteiger partial charge in [-0.05, 0) is 35.8 Å². The third kappa shape index (κ3) is 9.92. The van der Waals surface area contributed by atoms with E-state index < -0.39 is 0 Å². The van der Waals surface area contributed by atoms with Gasteiger partial charge in [0.2, 0.25) is 0 Å². The Balaban J connectivity index is 2.11. The molecule has 2 rings (SSSR count). The second-order valence-electron chi connectivity index (χ2n) is 8.94. The lowest BCUT2D eigenvalue weighted by molar-refractivity contribution is -0.153. The molecule has 0 saturated heterocycles. The number of nitrogens with zero attached hydrogens (tertiary/aromatic N) is 1. The first-order valence-corrected chi connectivity index (χ1v) is 12.1. The monoisotopic (exact) mass is 469 g/mol. The third-order valence-electron chi connectivity index (χ3n) is 6.14. The number of aliphatic hydroxyl groups is 2. The van der Waals surface area contributed by atoms with E-state index in [2.05, 4.69) is 6.07 Å². The van der Waals surface area contributed by atoms with E-state index in [0.717, 1.165) is 11.1 Å². The van der Waals surface area contributed by atoms with E-state index in [1.807, 2.05) is 74.5 Å². The summed E-state index contributed by atoms with van der Waals surface area (Å²) < 4.78 is 18.2. The summed E-state index contributed by atoms with van der Waals surface area (Å²) in [7, 11) is 0. The number of benzene rings is 2. The minimum Gasteiger partial charge on any atom is -0.396 e. The van der Waals surface area contributed by atoms with Gasteiger partial charge in [-0.3, -0.25) is 0 Å². The minimum absolute atomic E-state index is 0.0102. The van der Waals surface area contributed by atoms with Gasteiger partial charge in [0, 0.05) is 19.1 Å². The predicted octanol–water partition coefficient (Wildman–Crippen LogP) is 4.70. The van der Waals surface area contributed by atoms with E-state index in [0.29, 0.717) is 26.1 Å². The number of rotatable bonds is 17. The molecule has 0 aromatic heterocycles. The number of nitriles is 1. The molecule has 0 heterocycles. The van der Waals surface area contributed by atoms with Crippen LogP contribution in [0.2, 0.25) is 0 Å². The minimum atomic E-state index is -0.338. The molecule has 1 unspecified atom stereocenters. The molecule has 2 aromatic carbocycles. The highest BCUT2D eigenvalue weighted by atomic mass is 16.7. The Hall–Kier alpha value is -2.27. The lowest BCUT2D eigenvalue weighted by Gasteiger charge is -2.36. The van der Waals surface area contributed by atoms with Crippen molar-refractivity contribution >= 4 is 0 Å². The molecule has 6 nitrogen and oxygen atoms in total. The molecule has 0 aliphatic carbocycles. The summed E-state index contributed by atoms with van der Waals surface area (Å²) in [5.41, 5.74) is 2.10. The second-order valence-corrected chi connectivity index (χ2v) is 8.94. The molecule has 186 valence electrons. The molecule has 0 aliphatic rings. The van der Waals surface area contributed by atoms with Crippen molar-refractivity contribution in [1.82, 2.24) is 0 Å². The van der Waals surface area contributed by atoms with Crippen LogP contribution in [0.4, 0.5) is 0 Å². The van der Waals surface area contributed by atoms with Crippen LogP contribution < -0.4 is 0 Å². The largest absolute Gasteiger partial charge is 0.396 e. The average molecular weight is 470 g/mol. The van der Waals surface area contributed by atoms with Gasteiger partial charge in [-0.15, -0.1) is 0 Å². The first kappa shape index (κ1) is 28.0. The molecule has 0 saturated carbocycles. The van der Waals surface area contributed by atoms with E-state index >= 15 is 0 Å². The highest BCUT2D eigenvalue weighted by Crippen LogP contribution is 2.31. The number of hydrogen-bond acceptors (Lipinski definition) is 6. The molecule has 0 spiro atoms. The molecule has 5 atom stereocenters. The Morgan fingerprint density at radius 2 is 1.50 bits per heavy atom. The lowest BCUT2D eigenvalue weighted by Crippen LogP contribution is -2.40. The van der Waals surface area contributed by atoms with Crippen molar-refractivity contribution < 1.29 is 24.4 Å². The van der Waals surface area contributed by atoms with Crippen LogP contribution in [0.25, 0.3) is 0 Å². The maximum absolute atomic E-state index is 9.73. The van der Waals surface area contributed by atoms with Gasteiger partial charge in [-0.1, -0.05) is 74.5 Å². The van der Waals surface area contributed by atoms with Gasteiger partial charge in [-0.2, -0.15) is 5.26 Å². The van der Waals surface area contributed by atoms with Crippen molar-refractivity contribution in [3.8, 4) is 6.07 Å². The number of aliphatic hydroxyl groups excluding tert-OH is 2. The molecular formula is C28H39NO5. The zero-order valence-corrected chi connectivity index (χ0v) is 20.4. The zero-order valence-electron chi connectivity index (χ0n) is 20.4. The predicted molar refractivity (Wildman–Crippen MR) is 131 cm³/mol. The zero-order chi connectivity index (χ0) is 24.6. The molecule has 0 aliphatic heterocycles. The van der Waals surface area contributed by atoms with Crippen LogP contribution in [0.3, 0.4) is 0 Å². The average Bonchev–Trinajstić information content (AvgIpc) is 2.87. The molecule has 34 heavy (non-hydrogen) atoms. The van der Waals surface area contributed by atoms with E-state index in [-0.39, 0.29) is 56.4 Å². The summed E-state index contributed by atoms with van der Waals surface area (Å²) >= 11 is 0. The standard InChI is InChI=1S/C28H39NO5/c1-22(18-31)17-26(14-16-30)28(34-21-32-19-24-9-5-3-6-10-24)23(2)27(13-15-29)33-20-25-11-7-4-8-12-25/h3-12,22-23,26-28,30-31H,13-14,16-21H2,1-2H3/t22?,23-,26-,27+,28+/m0/s1. The Kier molecular flexibility index (Phi) is 13.5. The van der Waals surface area contributed by atoms with Crippen molar-refractivity contribution in [2.24, 2.45) is 17.8 Å².